The van der Waals surface area contributed by atoms with Gasteiger partial charge in [-0.05, 0) is 0 Å². The monoisotopic (exact) mass is 196 g/mol. The van der Waals surface area contributed by atoms with Gasteiger partial charge in [0.05, 0.1) is 5.69 Å². The lowest BCUT2D eigenvalue weighted by atomic mass is 10.5. The molecular weight excluding hydrogens is 188 g/mol. The van der Waals surface area contributed by atoms with E-state index < -0.39 is 0 Å². The summed E-state index contributed by atoms with van der Waals surface area (Å²) < 4.78 is 6.57. The normalized spacial score (nSPS) is 10.5. The zero-order valence-corrected chi connectivity index (χ0v) is 7.86. The van der Waals surface area contributed by atoms with E-state index in [9.17, 15) is 0 Å². The van der Waals surface area contributed by atoms with Crippen LogP contribution in [0, 0.1) is 0 Å². The fourth-order valence-electron chi connectivity index (χ4n) is 0.854. The second-order valence-corrected chi connectivity index (χ2v) is 3.45. The van der Waals surface area contributed by atoms with Gasteiger partial charge in [-0.2, -0.15) is 0 Å². The molecule has 0 aliphatic rings. The Bertz CT molecular complexity index is 370. The van der Waals surface area contributed by atoms with Crippen LogP contribution in [-0.4, -0.2) is 19.9 Å². The van der Waals surface area contributed by atoms with E-state index in [-0.39, 0.29) is 0 Å². The molecule has 0 saturated carbocycles. The summed E-state index contributed by atoms with van der Waals surface area (Å²) in [5, 5.41) is 12.4. The summed E-state index contributed by atoms with van der Waals surface area (Å²) in [5.41, 5.74) is 0.910. The van der Waals surface area contributed by atoms with E-state index in [1.54, 1.807) is 24.4 Å². The summed E-state index contributed by atoms with van der Waals surface area (Å²) in [6.45, 7) is 0. The standard InChI is InChI=1S/C7H8N4OS/c1-11-5-8-9-7(11)13-4-6-2-3-12-10-6/h2-3,5H,4H2,1H3. The highest BCUT2D eigenvalue weighted by Gasteiger charge is 2.03. The molecule has 0 aliphatic heterocycles. The molecular formula is C7H8N4OS. The highest BCUT2D eigenvalue weighted by molar-refractivity contribution is 7.98. The Labute approximate surface area is 79.1 Å². The maximum Gasteiger partial charge on any atom is 0.191 e. The summed E-state index contributed by atoms with van der Waals surface area (Å²) in [6, 6.07) is 1.84. The lowest BCUT2D eigenvalue weighted by Crippen LogP contribution is -1.89. The third-order valence-corrected chi connectivity index (χ3v) is 2.58. The maximum atomic E-state index is 4.71. The Morgan fingerprint density at radius 1 is 1.62 bits per heavy atom. The first-order valence-corrected chi connectivity index (χ1v) is 4.71. The summed E-state index contributed by atoms with van der Waals surface area (Å²) in [7, 11) is 1.91. The molecule has 0 unspecified atom stereocenters. The largest absolute Gasteiger partial charge is 0.364 e. The minimum absolute atomic E-state index is 0.753. The van der Waals surface area contributed by atoms with E-state index in [1.807, 2.05) is 17.7 Å². The van der Waals surface area contributed by atoms with Crippen LogP contribution in [0.15, 0.2) is 28.3 Å². The van der Waals surface area contributed by atoms with Gasteiger partial charge in [0, 0.05) is 18.9 Å². The molecule has 2 aromatic rings. The first-order valence-electron chi connectivity index (χ1n) is 3.72. The predicted octanol–water partition coefficient (Wildman–Crippen LogP) is 1.10. The smallest absolute Gasteiger partial charge is 0.191 e. The van der Waals surface area contributed by atoms with Crippen molar-refractivity contribution in [1.29, 1.82) is 0 Å². The van der Waals surface area contributed by atoms with Gasteiger partial charge in [0.1, 0.15) is 12.6 Å². The molecule has 6 heteroatoms. The van der Waals surface area contributed by atoms with Gasteiger partial charge in [-0.25, -0.2) is 0 Å². The van der Waals surface area contributed by atoms with Gasteiger partial charge in [-0.3, -0.25) is 0 Å². The molecule has 0 saturated heterocycles. The molecule has 0 atom stereocenters. The fraction of sp³-hybridized carbons (Fsp3) is 0.286. The van der Waals surface area contributed by atoms with Gasteiger partial charge in [-0.1, -0.05) is 16.9 Å². The predicted molar refractivity (Wildman–Crippen MR) is 47.1 cm³/mol. The van der Waals surface area contributed by atoms with Crippen molar-refractivity contribution in [3.63, 3.8) is 0 Å². The first-order chi connectivity index (χ1) is 6.36. The molecule has 0 N–H and O–H groups in total. The molecule has 5 nitrogen and oxygen atoms in total. The van der Waals surface area contributed by atoms with Crippen molar-refractivity contribution in [2.24, 2.45) is 7.05 Å². The third kappa shape index (κ3) is 1.89. The van der Waals surface area contributed by atoms with Gasteiger partial charge in [0.25, 0.3) is 0 Å². The first kappa shape index (κ1) is 8.31. The maximum absolute atomic E-state index is 4.71. The van der Waals surface area contributed by atoms with Crippen LogP contribution in [0.5, 0.6) is 0 Å². The molecule has 0 spiro atoms. The molecule has 2 aromatic heterocycles. The number of aromatic nitrogens is 4. The zero-order chi connectivity index (χ0) is 9.10. The summed E-state index contributed by atoms with van der Waals surface area (Å²) in [4.78, 5) is 0. The van der Waals surface area contributed by atoms with E-state index in [2.05, 4.69) is 15.4 Å². The van der Waals surface area contributed by atoms with Crippen LogP contribution < -0.4 is 0 Å². The van der Waals surface area contributed by atoms with E-state index in [0.29, 0.717) is 0 Å². The number of nitrogens with zero attached hydrogens (tertiary/aromatic N) is 4. The lowest BCUT2D eigenvalue weighted by molar-refractivity contribution is 0.414. The summed E-state index contributed by atoms with van der Waals surface area (Å²) in [6.07, 6.45) is 3.23. The number of thioether (sulfide) groups is 1. The zero-order valence-electron chi connectivity index (χ0n) is 7.04. The summed E-state index contributed by atoms with van der Waals surface area (Å²) >= 11 is 1.58. The molecule has 2 heterocycles. The van der Waals surface area contributed by atoms with Gasteiger partial charge in [0.2, 0.25) is 0 Å². The van der Waals surface area contributed by atoms with E-state index >= 15 is 0 Å². The van der Waals surface area contributed by atoms with Gasteiger partial charge in [-0.15, -0.1) is 10.2 Å². The molecule has 0 aliphatic carbocycles. The molecule has 68 valence electrons. The van der Waals surface area contributed by atoms with Crippen molar-refractivity contribution in [2.75, 3.05) is 0 Å². The van der Waals surface area contributed by atoms with Crippen LogP contribution in [-0.2, 0) is 12.8 Å². The Balaban J connectivity index is 1.97. The summed E-state index contributed by atoms with van der Waals surface area (Å²) in [5.74, 6) is 0.753. The van der Waals surface area contributed by atoms with E-state index in [0.717, 1.165) is 16.6 Å². The molecule has 0 bridgehead atoms. The molecule has 0 radical (unpaired) electrons. The highest BCUT2D eigenvalue weighted by atomic mass is 32.2. The van der Waals surface area contributed by atoms with Crippen LogP contribution in [0.4, 0.5) is 0 Å². The average molecular weight is 196 g/mol. The van der Waals surface area contributed by atoms with Crippen LogP contribution in [0.1, 0.15) is 5.69 Å². The molecule has 0 fully saturated rings. The fourth-order valence-corrected chi connectivity index (χ4v) is 1.64. The number of aryl methyl sites for hydroxylation is 1. The van der Waals surface area contributed by atoms with Crippen molar-refractivity contribution < 1.29 is 4.52 Å². The second kappa shape index (κ2) is 3.61. The number of hydrogen-bond donors (Lipinski definition) is 0. The van der Waals surface area contributed by atoms with Gasteiger partial charge < -0.3 is 9.09 Å². The minimum atomic E-state index is 0.753. The third-order valence-electron chi connectivity index (χ3n) is 1.51. The highest BCUT2D eigenvalue weighted by Crippen LogP contribution is 2.18. The van der Waals surface area contributed by atoms with Crippen LogP contribution in [0.3, 0.4) is 0 Å². The van der Waals surface area contributed by atoms with Crippen molar-refractivity contribution in [3.05, 3.63) is 24.4 Å². The minimum Gasteiger partial charge on any atom is -0.364 e. The van der Waals surface area contributed by atoms with Crippen LogP contribution >= 0.6 is 11.8 Å². The van der Waals surface area contributed by atoms with Crippen molar-refractivity contribution in [2.45, 2.75) is 10.9 Å². The average Bonchev–Trinajstić information content (AvgIpc) is 2.72. The van der Waals surface area contributed by atoms with Crippen molar-refractivity contribution in [1.82, 2.24) is 19.9 Å². The molecule has 0 amide bonds. The van der Waals surface area contributed by atoms with Gasteiger partial charge >= 0.3 is 0 Å². The van der Waals surface area contributed by atoms with Crippen molar-refractivity contribution in [3.8, 4) is 0 Å². The van der Waals surface area contributed by atoms with Crippen LogP contribution in [0.2, 0.25) is 0 Å². The molecule has 0 aromatic carbocycles. The molecule has 2 rings (SSSR count). The Morgan fingerprint density at radius 3 is 3.15 bits per heavy atom. The number of hydrogen-bond acceptors (Lipinski definition) is 5. The quantitative estimate of drug-likeness (QED) is 0.688. The molecule has 13 heavy (non-hydrogen) atoms. The Morgan fingerprint density at radius 2 is 2.54 bits per heavy atom. The van der Waals surface area contributed by atoms with Gasteiger partial charge in [0.15, 0.2) is 5.16 Å². The second-order valence-electron chi connectivity index (χ2n) is 2.50. The topological polar surface area (TPSA) is 56.7 Å². The Hall–Kier alpha value is -1.30. The van der Waals surface area contributed by atoms with E-state index in [1.165, 1.54) is 0 Å². The SMILES string of the molecule is Cn1cnnc1SCc1ccon1. The van der Waals surface area contributed by atoms with Crippen LogP contribution in [0.25, 0.3) is 0 Å². The van der Waals surface area contributed by atoms with E-state index in [4.69, 9.17) is 4.52 Å². The Kier molecular flexibility index (Phi) is 2.31. The number of rotatable bonds is 3. The lowest BCUT2D eigenvalue weighted by Gasteiger charge is -1.95. The van der Waals surface area contributed by atoms with Crippen molar-refractivity contribution >= 4 is 11.8 Å².